The molecule has 0 fully saturated rings. The van der Waals surface area contributed by atoms with E-state index in [2.05, 4.69) is 66.9 Å². The van der Waals surface area contributed by atoms with Gasteiger partial charge in [-0.2, -0.15) is 0 Å². The molecule has 3 nitrogen and oxygen atoms in total. The minimum absolute atomic E-state index is 0.206. The van der Waals surface area contributed by atoms with Crippen LogP contribution in [0.5, 0.6) is 0 Å². The van der Waals surface area contributed by atoms with Gasteiger partial charge >= 0.3 is 0 Å². The van der Waals surface area contributed by atoms with Gasteiger partial charge in [-0.1, -0.05) is 36.4 Å². The predicted molar refractivity (Wildman–Crippen MR) is 77.2 cm³/mol. The second-order valence-corrected chi connectivity index (χ2v) is 4.92. The number of hydrogen-bond donors (Lipinski definition) is 2. The van der Waals surface area contributed by atoms with Crippen LogP contribution in [0.3, 0.4) is 0 Å². The molecule has 2 rings (SSSR count). The van der Waals surface area contributed by atoms with Crippen molar-refractivity contribution in [2.75, 3.05) is 20.6 Å². The summed E-state index contributed by atoms with van der Waals surface area (Å²) < 4.78 is 0. The zero-order valence-corrected chi connectivity index (χ0v) is 11.1. The molecule has 3 heteroatoms. The first-order chi connectivity index (χ1) is 8.70. The third kappa shape index (κ3) is 3.07. The van der Waals surface area contributed by atoms with Crippen molar-refractivity contribution in [3.63, 3.8) is 0 Å². The van der Waals surface area contributed by atoms with Crippen molar-refractivity contribution >= 4 is 10.8 Å². The van der Waals surface area contributed by atoms with Gasteiger partial charge in [0.25, 0.3) is 0 Å². The second-order valence-electron chi connectivity index (χ2n) is 4.92. The van der Waals surface area contributed by atoms with Crippen LogP contribution in [0, 0.1) is 0 Å². The molecule has 0 radical (unpaired) electrons. The minimum Gasteiger partial charge on any atom is -0.309 e. The number of rotatable bonds is 5. The first kappa shape index (κ1) is 13.0. The Labute approximate surface area is 109 Å². The summed E-state index contributed by atoms with van der Waals surface area (Å²) in [5, 5.41) is 2.53. The predicted octanol–water partition coefficient (Wildman–Crippen LogP) is 2.30. The van der Waals surface area contributed by atoms with Crippen LogP contribution in [0.1, 0.15) is 18.0 Å². The van der Waals surface area contributed by atoms with Crippen LogP contribution in [0.25, 0.3) is 10.8 Å². The Bertz CT molecular complexity index is 508. The van der Waals surface area contributed by atoms with Crippen LogP contribution < -0.4 is 11.3 Å². The molecule has 0 spiro atoms. The van der Waals surface area contributed by atoms with Gasteiger partial charge in [-0.25, -0.2) is 0 Å². The highest BCUT2D eigenvalue weighted by molar-refractivity contribution is 5.83. The van der Waals surface area contributed by atoms with Gasteiger partial charge in [-0.3, -0.25) is 11.3 Å². The van der Waals surface area contributed by atoms with Gasteiger partial charge in [0.05, 0.1) is 0 Å². The molecule has 0 amide bonds. The van der Waals surface area contributed by atoms with Gasteiger partial charge in [0.15, 0.2) is 0 Å². The monoisotopic (exact) mass is 243 g/mol. The van der Waals surface area contributed by atoms with Crippen molar-refractivity contribution in [1.29, 1.82) is 0 Å². The molecule has 1 atom stereocenters. The fourth-order valence-electron chi connectivity index (χ4n) is 2.16. The molecule has 0 aliphatic heterocycles. The standard InChI is InChI=1S/C15H21N3/c1-18(2)10-9-15(17-16)14-8-7-12-5-3-4-6-13(12)11-14/h3-8,11,15,17H,9-10,16H2,1-2H3. The van der Waals surface area contributed by atoms with Gasteiger partial charge in [-0.15, -0.1) is 0 Å². The highest BCUT2D eigenvalue weighted by atomic mass is 15.2. The van der Waals surface area contributed by atoms with Crippen molar-refractivity contribution in [2.45, 2.75) is 12.5 Å². The number of hydrazine groups is 1. The smallest absolute Gasteiger partial charge is 0.0472 e. The molecule has 1 unspecified atom stereocenters. The number of fused-ring (bicyclic) bond motifs is 1. The molecule has 2 aromatic carbocycles. The summed E-state index contributed by atoms with van der Waals surface area (Å²) in [6.07, 6.45) is 1.00. The van der Waals surface area contributed by atoms with E-state index in [1.165, 1.54) is 16.3 Å². The van der Waals surface area contributed by atoms with E-state index in [0.29, 0.717) is 0 Å². The van der Waals surface area contributed by atoms with Crippen LogP contribution in [0.4, 0.5) is 0 Å². The highest BCUT2D eigenvalue weighted by Gasteiger charge is 2.10. The normalized spacial score (nSPS) is 13.1. The summed E-state index contributed by atoms with van der Waals surface area (Å²) >= 11 is 0. The Hall–Kier alpha value is -1.42. The Balaban J connectivity index is 2.22. The van der Waals surface area contributed by atoms with Crippen LogP contribution in [0.15, 0.2) is 42.5 Å². The highest BCUT2D eigenvalue weighted by Crippen LogP contribution is 2.22. The summed E-state index contributed by atoms with van der Waals surface area (Å²) in [6, 6.07) is 15.1. The van der Waals surface area contributed by atoms with E-state index in [0.717, 1.165) is 13.0 Å². The van der Waals surface area contributed by atoms with E-state index in [1.54, 1.807) is 0 Å². The van der Waals surface area contributed by atoms with Gasteiger partial charge in [0.2, 0.25) is 0 Å². The third-order valence-corrected chi connectivity index (χ3v) is 3.24. The lowest BCUT2D eigenvalue weighted by molar-refractivity contribution is 0.363. The molecule has 0 aliphatic carbocycles. The zero-order chi connectivity index (χ0) is 13.0. The Kier molecular flexibility index (Phi) is 4.31. The first-order valence-corrected chi connectivity index (χ1v) is 6.30. The lowest BCUT2D eigenvalue weighted by Gasteiger charge is -2.19. The maximum atomic E-state index is 5.67. The molecule has 0 saturated carbocycles. The number of benzene rings is 2. The molecule has 0 aromatic heterocycles. The Morgan fingerprint density at radius 1 is 1.11 bits per heavy atom. The number of nitrogens with zero attached hydrogens (tertiary/aromatic N) is 1. The summed E-state index contributed by atoms with van der Waals surface area (Å²) in [5.74, 6) is 5.67. The SMILES string of the molecule is CN(C)CCC(NN)c1ccc2ccccc2c1. The van der Waals surface area contributed by atoms with Crippen LogP contribution in [-0.2, 0) is 0 Å². The fourth-order valence-corrected chi connectivity index (χ4v) is 2.16. The molecular weight excluding hydrogens is 222 g/mol. The number of hydrogen-bond acceptors (Lipinski definition) is 3. The molecule has 18 heavy (non-hydrogen) atoms. The average molecular weight is 243 g/mol. The maximum absolute atomic E-state index is 5.67. The van der Waals surface area contributed by atoms with Gasteiger partial charge in [0.1, 0.15) is 0 Å². The molecule has 0 heterocycles. The van der Waals surface area contributed by atoms with E-state index < -0.39 is 0 Å². The topological polar surface area (TPSA) is 41.3 Å². The van der Waals surface area contributed by atoms with Gasteiger partial charge < -0.3 is 4.90 Å². The van der Waals surface area contributed by atoms with Crippen LogP contribution in [0.2, 0.25) is 0 Å². The lowest BCUT2D eigenvalue weighted by Crippen LogP contribution is -2.30. The third-order valence-electron chi connectivity index (χ3n) is 3.24. The largest absolute Gasteiger partial charge is 0.309 e. The Morgan fingerprint density at radius 3 is 2.50 bits per heavy atom. The molecule has 96 valence electrons. The second kappa shape index (κ2) is 5.96. The van der Waals surface area contributed by atoms with Crippen molar-refractivity contribution in [2.24, 2.45) is 5.84 Å². The van der Waals surface area contributed by atoms with Gasteiger partial charge in [-0.05, 0) is 49.5 Å². The number of nitrogens with two attached hydrogens (primary N) is 1. The summed E-state index contributed by atoms with van der Waals surface area (Å²) in [7, 11) is 4.15. The van der Waals surface area contributed by atoms with Crippen molar-refractivity contribution in [3.8, 4) is 0 Å². The quantitative estimate of drug-likeness (QED) is 0.625. The molecule has 3 N–H and O–H groups in total. The van der Waals surface area contributed by atoms with E-state index in [4.69, 9.17) is 5.84 Å². The average Bonchev–Trinajstić information content (AvgIpc) is 2.39. The molecule has 0 aliphatic rings. The van der Waals surface area contributed by atoms with Crippen LogP contribution >= 0.6 is 0 Å². The van der Waals surface area contributed by atoms with Crippen molar-refractivity contribution in [3.05, 3.63) is 48.0 Å². The maximum Gasteiger partial charge on any atom is 0.0472 e. The molecular formula is C15H21N3. The van der Waals surface area contributed by atoms with Crippen molar-refractivity contribution < 1.29 is 0 Å². The van der Waals surface area contributed by atoms with E-state index in [9.17, 15) is 0 Å². The summed E-state index contributed by atoms with van der Waals surface area (Å²) in [5.41, 5.74) is 4.16. The Morgan fingerprint density at radius 2 is 1.83 bits per heavy atom. The molecule has 0 saturated heterocycles. The molecule has 2 aromatic rings. The van der Waals surface area contributed by atoms with Crippen molar-refractivity contribution in [1.82, 2.24) is 10.3 Å². The number of nitrogens with one attached hydrogen (secondary N) is 1. The first-order valence-electron chi connectivity index (χ1n) is 6.30. The zero-order valence-electron chi connectivity index (χ0n) is 11.1. The van der Waals surface area contributed by atoms with Gasteiger partial charge in [0, 0.05) is 6.04 Å². The molecule has 0 bridgehead atoms. The lowest BCUT2D eigenvalue weighted by atomic mass is 10.00. The summed E-state index contributed by atoms with van der Waals surface area (Å²) in [6.45, 7) is 1.02. The summed E-state index contributed by atoms with van der Waals surface area (Å²) in [4.78, 5) is 2.17. The van der Waals surface area contributed by atoms with E-state index >= 15 is 0 Å². The van der Waals surface area contributed by atoms with Crippen LogP contribution in [-0.4, -0.2) is 25.5 Å². The minimum atomic E-state index is 0.206. The van der Waals surface area contributed by atoms with E-state index in [1.807, 2.05) is 0 Å². The fraction of sp³-hybridized carbons (Fsp3) is 0.333. The van der Waals surface area contributed by atoms with E-state index in [-0.39, 0.29) is 6.04 Å².